The van der Waals surface area contributed by atoms with Gasteiger partial charge in [0.25, 0.3) is 0 Å². The molecule has 206 valence electrons. The van der Waals surface area contributed by atoms with E-state index in [1.165, 1.54) is 70.3 Å². The molecule has 0 aliphatic heterocycles. The third-order valence-corrected chi connectivity index (χ3v) is 20.1. The molecule has 0 aromatic rings. The highest BCUT2D eigenvalue weighted by atomic mass is 28.5. The summed E-state index contributed by atoms with van der Waals surface area (Å²) in [5.74, 6) is 0. The quantitative estimate of drug-likeness (QED) is 0.102. The zero-order valence-corrected chi connectivity index (χ0v) is 30.3. The lowest BCUT2D eigenvalue weighted by Gasteiger charge is -2.43. The molecule has 0 aromatic carbocycles. The van der Waals surface area contributed by atoms with Gasteiger partial charge in [0, 0.05) is 12.7 Å². The maximum absolute atomic E-state index is 6.80. The molecule has 0 atom stereocenters. The summed E-state index contributed by atoms with van der Waals surface area (Å²) in [5.41, 5.74) is 0. The molecule has 0 heterocycles. The second-order valence-corrected chi connectivity index (χ2v) is 34.9. The number of unbranched alkanes of at least 4 members (excludes halogenated alkanes) is 9. The van der Waals surface area contributed by atoms with E-state index in [0.717, 1.165) is 12.7 Å². The molecule has 0 aromatic heterocycles. The van der Waals surface area contributed by atoms with Gasteiger partial charge < -0.3 is 16.8 Å². The van der Waals surface area contributed by atoms with E-state index in [4.69, 9.17) is 16.8 Å². The summed E-state index contributed by atoms with van der Waals surface area (Å²) >= 11 is 0. The minimum absolute atomic E-state index is 0.879. The summed E-state index contributed by atoms with van der Waals surface area (Å²) < 4.78 is 26.3. The van der Waals surface area contributed by atoms with Crippen molar-refractivity contribution in [2.24, 2.45) is 0 Å². The van der Waals surface area contributed by atoms with E-state index in [1.807, 2.05) is 0 Å². The Kier molecular flexibility index (Phi) is 16.4. The zero-order valence-electron chi connectivity index (χ0n) is 25.3. The average molecular weight is 567 g/mol. The average Bonchev–Trinajstić information content (AvgIpc) is 2.57. The molecule has 0 radical (unpaired) electrons. The van der Waals surface area contributed by atoms with Gasteiger partial charge in [-0.3, -0.25) is 0 Å². The van der Waals surface area contributed by atoms with Crippen LogP contribution in [-0.4, -0.2) is 48.7 Å². The minimum atomic E-state index is -2.64. The van der Waals surface area contributed by atoms with Crippen LogP contribution in [0.3, 0.4) is 0 Å². The van der Waals surface area contributed by atoms with Crippen LogP contribution in [0.15, 0.2) is 0 Å². The maximum Gasteiger partial charge on any atom is 0.469 e. The first-order chi connectivity index (χ1) is 15.4. The molecule has 0 bridgehead atoms. The monoisotopic (exact) mass is 566 g/mol. The van der Waals surface area contributed by atoms with Crippen LogP contribution in [0.1, 0.15) is 71.1 Å². The van der Waals surface area contributed by atoms with E-state index in [1.54, 1.807) is 0 Å². The Hall–Kier alpha value is 0.924. The Morgan fingerprint density at radius 1 is 0.412 bits per heavy atom. The van der Waals surface area contributed by atoms with Gasteiger partial charge in [-0.25, -0.2) is 0 Å². The normalized spacial score (nSPS) is 14.1. The van der Waals surface area contributed by atoms with Crippen LogP contribution in [0.25, 0.3) is 0 Å². The Balaban J connectivity index is 4.32. The molecule has 0 saturated carbocycles. The van der Waals surface area contributed by atoms with E-state index >= 15 is 0 Å². The fraction of sp³-hybridized carbons (Fsp3) is 1.00. The predicted octanol–water partition coefficient (Wildman–Crippen LogP) is 9.62. The largest absolute Gasteiger partial charge is 0.469 e. The van der Waals surface area contributed by atoms with Crippen LogP contribution in [0.5, 0.6) is 0 Å². The number of rotatable bonds is 21. The van der Waals surface area contributed by atoms with Gasteiger partial charge in [0.2, 0.25) is 0 Å². The Labute approximate surface area is 220 Å². The highest BCUT2D eigenvalue weighted by Gasteiger charge is 2.49. The molecular formula is C25H62O4Si5. The van der Waals surface area contributed by atoms with Crippen molar-refractivity contribution in [2.75, 3.05) is 6.61 Å². The molecule has 0 unspecified atom stereocenters. The lowest BCUT2D eigenvalue weighted by Crippen LogP contribution is -2.60. The van der Waals surface area contributed by atoms with Crippen LogP contribution in [0.2, 0.25) is 84.1 Å². The van der Waals surface area contributed by atoms with Crippen LogP contribution in [-0.2, 0) is 16.8 Å². The van der Waals surface area contributed by atoms with Crippen molar-refractivity contribution in [3.8, 4) is 0 Å². The summed E-state index contributed by atoms with van der Waals surface area (Å²) in [6.45, 7) is 28.2. The number of hydrogen-bond acceptors (Lipinski definition) is 4. The molecule has 0 fully saturated rings. The van der Waals surface area contributed by atoms with Gasteiger partial charge in [-0.2, -0.15) is 0 Å². The number of hydrogen-bond donors (Lipinski definition) is 0. The minimum Gasteiger partial charge on any atom is -0.418 e. The molecule has 0 aliphatic carbocycles. The fourth-order valence-electron chi connectivity index (χ4n) is 4.38. The summed E-state index contributed by atoms with van der Waals surface area (Å²) in [7, 11) is -9.27. The Morgan fingerprint density at radius 3 is 1.00 bits per heavy atom. The molecule has 0 rings (SSSR count). The first-order valence-electron chi connectivity index (χ1n) is 14.1. The van der Waals surface area contributed by atoms with E-state index in [0.29, 0.717) is 0 Å². The Bertz CT molecular complexity index is 484. The summed E-state index contributed by atoms with van der Waals surface area (Å²) in [6.07, 6.45) is 13.4. The van der Waals surface area contributed by atoms with E-state index in [-0.39, 0.29) is 0 Å². The van der Waals surface area contributed by atoms with Gasteiger partial charge in [0.1, 0.15) is 0 Å². The van der Waals surface area contributed by atoms with Crippen molar-refractivity contribution in [1.82, 2.24) is 0 Å². The van der Waals surface area contributed by atoms with Gasteiger partial charge in [0.15, 0.2) is 33.3 Å². The molecule has 0 spiro atoms. The third-order valence-electron chi connectivity index (χ3n) is 5.43. The van der Waals surface area contributed by atoms with Gasteiger partial charge >= 0.3 is 8.80 Å². The second kappa shape index (κ2) is 16.0. The van der Waals surface area contributed by atoms with E-state index < -0.39 is 42.1 Å². The molecule has 0 aliphatic rings. The van der Waals surface area contributed by atoms with Crippen LogP contribution < -0.4 is 0 Å². The summed E-state index contributed by atoms with van der Waals surface area (Å²) in [6, 6.07) is 2.31. The molecule has 34 heavy (non-hydrogen) atoms. The highest BCUT2D eigenvalue weighted by molar-refractivity contribution is 6.90. The van der Waals surface area contributed by atoms with E-state index in [2.05, 4.69) is 78.9 Å². The second-order valence-electron chi connectivity index (χ2n) is 13.6. The summed E-state index contributed by atoms with van der Waals surface area (Å²) in [5, 5.41) is 0. The van der Waals surface area contributed by atoms with Crippen molar-refractivity contribution in [3.05, 3.63) is 0 Å². The Morgan fingerprint density at radius 2 is 0.706 bits per heavy atom. The molecule has 0 amide bonds. The van der Waals surface area contributed by atoms with Crippen molar-refractivity contribution in [1.29, 1.82) is 0 Å². The lowest BCUT2D eigenvalue weighted by molar-refractivity contribution is 0.250. The van der Waals surface area contributed by atoms with E-state index in [9.17, 15) is 0 Å². The smallest absolute Gasteiger partial charge is 0.418 e. The summed E-state index contributed by atoms with van der Waals surface area (Å²) in [4.78, 5) is 0. The van der Waals surface area contributed by atoms with Gasteiger partial charge in [-0.15, -0.1) is 0 Å². The van der Waals surface area contributed by atoms with Crippen LogP contribution in [0.4, 0.5) is 0 Å². The molecule has 0 N–H and O–H groups in total. The molecule has 4 nitrogen and oxygen atoms in total. The third kappa shape index (κ3) is 21.1. The van der Waals surface area contributed by atoms with Crippen molar-refractivity contribution in [3.63, 3.8) is 0 Å². The first-order valence-corrected chi connectivity index (χ1v) is 29.4. The standard InChI is InChI=1S/C25H62O4Si5/c1-13-26-33(11,12)24-22-20-18-16-14-15-17-19-21-23-25-34(27-30(2,3)4,28-31(5,6)7)29-32(8,9)10/h13-25H2,1-12H3. The fourth-order valence-corrected chi connectivity index (χ4v) is 21.1. The molecule has 9 heteroatoms. The first kappa shape index (κ1) is 34.9. The molecule has 0 saturated heterocycles. The van der Waals surface area contributed by atoms with Crippen molar-refractivity contribution >= 4 is 42.1 Å². The SMILES string of the molecule is CCO[Si](C)(C)CCCCCCCCCCCC[Si](O[Si](C)(C)C)(O[Si](C)(C)C)O[Si](C)(C)C. The lowest BCUT2D eigenvalue weighted by atomic mass is 10.1. The van der Waals surface area contributed by atoms with Gasteiger partial charge in [-0.1, -0.05) is 57.8 Å². The van der Waals surface area contributed by atoms with Gasteiger partial charge in [0.05, 0.1) is 0 Å². The predicted molar refractivity (Wildman–Crippen MR) is 164 cm³/mol. The zero-order chi connectivity index (χ0) is 26.5. The highest BCUT2D eigenvalue weighted by Crippen LogP contribution is 2.30. The van der Waals surface area contributed by atoms with Crippen molar-refractivity contribution in [2.45, 2.75) is 155 Å². The molecular weight excluding hydrogens is 505 g/mol. The topological polar surface area (TPSA) is 36.9 Å². The van der Waals surface area contributed by atoms with Crippen LogP contribution in [0, 0.1) is 0 Å². The van der Waals surface area contributed by atoms with Crippen LogP contribution >= 0.6 is 0 Å². The van der Waals surface area contributed by atoms with Crippen molar-refractivity contribution < 1.29 is 16.8 Å². The van der Waals surface area contributed by atoms with Gasteiger partial charge in [-0.05, 0) is 91.4 Å². The maximum atomic E-state index is 6.80.